The fourth-order valence-electron chi connectivity index (χ4n) is 4.18. The molecule has 0 saturated heterocycles. The Kier molecular flexibility index (Phi) is 8.31. The van der Waals surface area contributed by atoms with E-state index in [0.717, 1.165) is 36.1 Å². The number of carbonyl (C=O) groups is 2. The van der Waals surface area contributed by atoms with E-state index in [9.17, 15) is 14.4 Å². The smallest absolute Gasteiger partial charge is 0.259 e. The highest BCUT2D eigenvalue weighted by Gasteiger charge is 2.29. The maximum Gasteiger partial charge on any atom is 0.259 e. The number of pyridine rings is 2. The Hall–Kier alpha value is -3.74. The summed E-state index contributed by atoms with van der Waals surface area (Å²) in [6.45, 7) is 6.06. The van der Waals surface area contributed by atoms with Gasteiger partial charge in [-0.05, 0) is 49.8 Å². The van der Waals surface area contributed by atoms with Gasteiger partial charge >= 0.3 is 0 Å². The first-order valence-corrected chi connectivity index (χ1v) is 12.7. The molecule has 3 aromatic rings. The third kappa shape index (κ3) is 6.68. The van der Waals surface area contributed by atoms with Crippen molar-refractivity contribution in [2.45, 2.75) is 52.6 Å². The first kappa shape index (κ1) is 25.4. The maximum atomic E-state index is 13.5. The predicted molar refractivity (Wildman–Crippen MR) is 140 cm³/mol. The second-order valence-electron chi connectivity index (χ2n) is 9.59. The highest BCUT2D eigenvalue weighted by molar-refractivity contribution is 5.99. The lowest BCUT2D eigenvalue weighted by Crippen LogP contribution is -2.39. The molecule has 2 heterocycles. The van der Waals surface area contributed by atoms with Crippen LogP contribution in [0.1, 0.15) is 63.7 Å². The summed E-state index contributed by atoms with van der Waals surface area (Å²) in [7, 11) is 0. The third-order valence-corrected chi connectivity index (χ3v) is 6.44. The summed E-state index contributed by atoms with van der Waals surface area (Å²) < 4.78 is 1.77. The third-order valence-electron chi connectivity index (χ3n) is 6.44. The normalized spacial score (nSPS) is 12.8. The topological polar surface area (TPSA) is 84.3 Å². The van der Waals surface area contributed by atoms with Gasteiger partial charge in [0.2, 0.25) is 5.43 Å². The number of aryl methyl sites for hydroxylation is 3. The fourth-order valence-corrected chi connectivity index (χ4v) is 4.18. The maximum absolute atomic E-state index is 13.5. The quantitative estimate of drug-likeness (QED) is 0.444. The van der Waals surface area contributed by atoms with Gasteiger partial charge < -0.3 is 14.8 Å². The first-order chi connectivity index (χ1) is 17.4. The number of rotatable bonds is 11. The Labute approximate surface area is 212 Å². The Morgan fingerprint density at radius 1 is 1.08 bits per heavy atom. The summed E-state index contributed by atoms with van der Waals surface area (Å²) in [5.74, 6) is -0.271. The fraction of sp³-hybridized carbons (Fsp3) is 0.379. The SMILES string of the molecule is CCCN(CC1CC1)C(=O)c1cn(CCc2ccccn2)cc(C(=O)NCc2ccc(C)cc2)c1=O. The molecule has 1 aliphatic carbocycles. The van der Waals surface area contributed by atoms with Crippen LogP contribution in [0.25, 0.3) is 0 Å². The van der Waals surface area contributed by atoms with Crippen LogP contribution in [0.2, 0.25) is 0 Å². The van der Waals surface area contributed by atoms with E-state index in [1.165, 1.54) is 0 Å². The van der Waals surface area contributed by atoms with Crippen molar-refractivity contribution in [3.8, 4) is 0 Å². The Balaban J connectivity index is 1.61. The van der Waals surface area contributed by atoms with E-state index in [4.69, 9.17) is 0 Å². The van der Waals surface area contributed by atoms with E-state index >= 15 is 0 Å². The van der Waals surface area contributed by atoms with E-state index in [0.29, 0.717) is 38.5 Å². The van der Waals surface area contributed by atoms with Crippen LogP contribution in [0.3, 0.4) is 0 Å². The average molecular weight is 487 g/mol. The lowest BCUT2D eigenvalue weighted by atomic mass is 10.1. The van der Waals surface area contributed by atoms with Crippen LogP contribution in [0.5, 0.6) is 0 Å². The van der Waals surface area contributed by atoms with Crippen molar-refractivity contribution < 1.29 is 9.59 Å². The van der Waals surface area contributed by atoms with Gasteiger partial charge in [0.1, 0.15) is 11.1 Å². The molecule has 1 saturated carbocycles. The van der Waals surface area contributed by atoms with E-state index in [1.807, 2.05) is 56.3 Å². The van der Waals surface area contributed by atoms with Gasteiger partial charge in [0.05, 0.1) is 0 Å². The van der Waals surface area contributed by atoms with Crippen LogP contribution in [-0.4, -0.2) is 39.4 Å². The summed E-state index contributed by atoms with van der Waals surface area (Å²) >= 11 is 0. The lowest BCUT2D eigenvalue weighted by Gasteiger charge is -2.22. The number of amides is 2. The number of aromatic nitrogens is 2. The molecule has 36 heavy (non-hydrogen) atoms. The number of nitrogens with zero attached hydrogens (tertiary/aromatic N) is 3. The Morgan fingerprint density at radius 3 is 2.50 bits per heavy atom. The molecule has 4 rings (SSSR count). The molecule has 0 radical (unpaired) electrons. The van der Waals surface area contributed by atoms with E-state index in [1.54, 1.807) is 28.1 Å². The van der Waals surface area contributed by atoms with Gasteiger partial charge in [0, 0.05) is 56.9 Å². The minimum atomic E-state index is -0.521. The number of nitrogens with one attached hydrogen (secondary N) is 1. The van der Waals surface area contributed by atoms with Crippen molar-refractivity contribution in [1.29, 1.82) is 0 Å². The lowest BCUT2D eigenvalue weighted by molar-refractivity contribution is 0.0745. The summed E-state index contributed by atoms with van der Waals surface area (Å²) in [5, 5.41) is 2.85. The van der Waals surface area contributed by atoms with Gasteiger partial charge in [0.25, 0.3) is 11.8 Å². The molecule has 1 aliphatic rings. The molecule has 1 aromatic carbocycles. The summed E-state index contributed by atoms with van der Waals surface area (Å²) in [5.41, 5.74) is 2.48. The van der Waals surface area contributed by atoms with Crippen LogP contribution in [0, 0.1) is 12.8 Å². The van der Waals surface area contributed by atoms with Crippen molar-refractivity contribution in [1.82, 2.24) is 19.8 Å². The summed E-state index contributed by atoms with van der Waals surface area (Å²) in [4.78, 5) is 46.2. The van der Waals surface area contributed by atoms with Crippen molar-refractivity contribution in [2.24, 2.45) is 5.92 Å². The van der Waals surface area contributed by atoms with Crippen molar-refractivity contribution in [2.75, 3.05) is 13.1 Å². The average Bonchev–Trinajstić information content (AvgIpc) is 3.71. The van der Waals surface area contributed by atoms with E-state index in [-0.39, 0.29) is 17.0 Å². The van der Waals surface area contributed by atoms with Gasteiger partial charge in [-0.1, -0.05) is 42.8 Å². The van der Waals surface area contributed by atoms with Crippen LogP contribution < -0.4 is 10.7 Å². The highest BCUT2D eigenvalue weighted by Crippen LogP contribution is 2.30. The van der Waals surface area contributed by atoms with Gasteiger partial charge in [-0.3, -0.25) is 19.4 Å². The zero-order chi connectivity index (χ0) is 25.5. The molecule has 1 fully saturated rings. The van der Waals surface area contributed by atoms with Gasteiger partial charge in [-0.25, -0.2) is 0 Å². The largest absolute Gasteiger partial charge is 0.352 e. The van der Waals surface area contributed by atoms with Gasteiger partial charge in [0.15, 0.2) is 0 Å². The minimum absolute atomic E-state index is 0.0168. The molecule has 0 aliphatic heterocycles. The van der Waals surface area contributed by atoms with Crippen LogP contribution in [0.15, 0.2) is 65.8 Å². The second-order valence-corrected chi connectivity index (χ2v) is 9.59. The van der Waals surface area contributed by atoms with Gasteiger partial charge in [-0.2, -0.15) is 0 Å². The molecule has 0 spiro atoms. The molecule has 2 amide bonds. The zero-order valence-electron chi connectivity index (χ0n) is 21.1. The van der Waals surface area contributed by atoms with Crippen molar-refractivity contribution >= 4 is 11.8 Å². The summed E-state index contributed by atoms with van der Waals surface area (Å²) in [6, 6.07) is 13.6. The monoisotopic (exact) mass is 486 g/mol. The molecule has 188 valence electrons. The van der Waals surface area contributed by atoms with Crippen LogP contribution in [0.4, 0.5) is 0 Å². The molecule has 0 atom stereocenters. The molecule has 7 heteroatoms. The molecule has 2 aromatic heterocycles. The van der Waals surface area contributed by atoms with Crippen LogP contribution in [-0.2, 0) is 19.5 Å². The second kappa shape index (κ2) is 11.8. The van der Waals surface area contributed by atoms with Crippen molar-refractivity contribution in [3.05, 3.63) is 99.2 Å². The summed E-state index contributed by atoms with van der Waals surface area (Å²) in [6.07, 6.45) is 8.54. The number of hydrogen-bond acceptors (Lipinski definition) is 4. The standard InChI is InChI=1S/C29H34N4O3/c1-3-15-33(18-23-11-12-23)29(36)26-20-32(16-13-24-6-4-5-14-30-24)19-25(27(26)34)28(35)31-17-22-9-7-21(2)8-10-22/h4-10,14,19-20,23H,3,11-13,15-18H2,1-2H3,(H,31,35). The van der Waals surface area contributed by atoms with Gasteiger partial charge in [-0.15, -0.1) is 0 Å². The van der Waals surface area contributed by atoms with Crippen molar-refractivity contribution in [3.63, 3.8) is 0 Å². The Morgan fingerprint density at radius 2 is 1.83 bits per heavy atom. The first-order valence-electron chi connectivity index (χ1n) is 12.7. The molecule has 7 nitrogen and oxygen atoms in total. The van der Waals surface area contributed by atoms with Crippen LogP contribution >= 0.6 is 0 Å². The zero-order valence-corrected chi connectivity index (χ0v) is 21.1. The number of hydrogen-bond donors (Lipinski definition) is 1. The van der Waals surface area contributed by atoms with E-state index in [2.05, 4.69) is 10.3 Å². The molecule has 0 bridgehead atoms. The number of benzene rings is 1. The molecule has 1 N–H and O–H groups in total. The molecular weight excluding hydrogens is 452 g/mol. The predicted octanol–water partition coefficient (Wildman–Crippen LogP) is 3.99. The van der Waals surface area contributed by atoms with E-state index < -0.39 is 11.3 Å². The Bertz CT molecular complexity index is 1250. The minimum Gasteiger partial charge on any atom is -0.352 e. The highest BCUT2D eigenvalue weighted by atomic mass is 16.2. The molecular formula is C29H34N4O3. The molecule has 0 unspecified atom stereocenters. The number of carbonyl (C=O) groups excluding carboxylic acids is 2.